The third-order valence-corrected chi connectivity index (χ3v) is 4.85. The summed E-state index contributed by atoms with van der Waals surface area (Å²) in [5, 5.41) is 8.94. The van der Waals surface area contributed by atoms with E-state index in [0.717, 1.165) is 10.4 Å². The van der Waals surface area contributed by atoms with Crippen LogP contribution in [0.5, 0.6) is 0 Å². The number of nitrogens with zero attached hydrogens (tertiary/aromatic N) is 1. The quantitative estimate of drug-likeness (QED) is 0.886. The molecular formula is C12H18FNO3S. The fourth-order valence-corrected chi connectivity index (χ4v) is 3.60. The van der Waals surface area contributed by atoms with Gasteiger partial charge in [0.25, 0.3) is 0 Å². The molecule has 6 heteroatoms. The van der Waals surface area contributed by atoms with Gasteiger partial charge in [-0.2, -0.15) is 4.31 Å². The van der Waals surface area contributed by atoms with Crippen LogP contribution in [-0.4, -0.2) is 37.0 Å². The molecule has 0 aliphatic carbocycles. The second kappa shape index (κ2) is 5.77. The van der Waals surface area contributed by atoms with E-state index < -0.39 is 15.8 Å². The SMILES string of the molecule is Cc1ccc(F)cc1S(=O)(=O)N(CCO)C(C)C. The third-order valence-electron chi connectivity index (χ3n) is 2.63. The number of hydrogen-bond donors (Lipinski definition) is 1. The van der Waals surface area contributed by atoms with Crippen molar-refractivity contribution in [3.63, 3.8) is 0 Å². The maximum Gasteiger partial charge on any atom is 0.243 e. The van der Waals surface area contributed by atoms with E-state index in [1.807, 2.05) is 0 Å². The van der Waals surface area contributed by atoms with Crippen molar-refractivity contribution < 1.29 is 17.9 Å². The zero-order chi connectivity index (χ0) is 13.9. The van der Waals surface area contributed by atoms with Gasteiger partial charge in [0.05, 0.1) is 11.5 Å². The van der Waals surface area contributed by atoms with Gasteiger partial charge in [0, 0.05) is 12.6 Å². The second-order valence-electron chi connectivity index (χ2n) is 4.34. The first kappa shape index (κ1) is 15.1. The van der Waals surface area contributed by atoms with Crippen LogP contribution in [0.3, 0.4) is 0 Å². The van der Waals surface area contributed by atoms with E-state index in [-0.39, 0.29) is 24.1 Å². The lowest BCUT2D eigenvalue weighted by atomic mass is 10.2. The molecule has 102 valence electrons. The minimum absolute atomic E-state index is 0.00401. The van der Waals surface area contributed by atoms with Crippen LogP contribution in [0.15, 0.2) is 23.1 Å². The molecular weight excluding hydrogens is 257 g/mol. The number of halogens is 1. The summed E-state index contributed by atoms with van der Waals surface area (Å²) in [7, 11) is -3.78. The van der Waals surface area contributed by atoms with E-state index in [1.165, 1.54) is 12.1 Å². The Hall–Kier alpha value is -0.980. The molecule has 1 rings (SSSR count). The van der Waals surface area contributed by atoms with Crippen molar-refractivity contribution in [2.24, 2.45) is 0 Å². The summed E-state index contributed by atoms with van der Waals surface area (Å²) >= 11 is 0. The molecule has 0 saturated carbocycles. The summed E-state index contributed by atoms with van der Waals surface area (Å²) in [6.07, 6.45) is 0. The molecule has 0 unspecified atom stereocenters. The molecule has 18 heavy (non-hydrogen) atoms. The van der Waals surface area contributed by atoms with Gasteiger partial charge in [0.2, 0.25) is 10.0 Å². The molecule has 0 amide bonds. The minimum Gasteiger partial charge on any atom is -0.395 e. The zero-order valence-electron chi connectivity index (χ0n) is 10.7. The predicted molar refractivity (Wildman–Crippen MR) is 67.3 cm³/mol. The van der Waals surface area contributed by atoms with Crippen molar-refractivity contribution in [1.29, 1.82) is 0 Å². The molecule has 0 saturated heterocycles. The molecule has 0 aromatic heterocycles. The standard InChI is InChI=1S/C12H18FNO3S/c1-9(2)14(6-7-15)18(16,17)12-8-11(13)5-4-10(12)3/h4-5,8-9,15H,6-7H2,1-3H3. The van der Waals surface area contributed by atoms with Gasteiger partial charge in [0.1, 0.15) is 5.82 Å². The number of rotatable bonds is 5. The van der Waals surface area contributed by atoms with Gasteiger partial charge in [-0.3, -0.25) is 0 Å². The Balaban J connectivity index is 3.30. The average molecular weight is 275 g/mol. The molecule has 1 N–H and O–H groups in total. The first-order valence-electron chi connectivity index (χ1n) is 5.69. The van der Waals surface area contributed by atoms with Gasteiger partial charge >= 0.3 is 0 Å². The molecule has 0 bridgehead atoms. The highest BCUT2D eigenvalue weighted by molar-refractivity contribution is 7.89. The first-order chi connectivity index (χ1) is 8.30. The molecule has 1 aromatic carbocycles. The van der Waals surface area contributed by atoms with Crippen molar-refractivity contribution in [2.75, 3.05) is 13.2 Å². The minimum atomic E-state index is -3.78. The lowest BCUT2D eigenvalue weighted by molar-refractivity contribution is 0.236. The Labute approximate surface area is 107 Å². The summed E-state index contributed by atoms with van der Waals surface area (Å²) in [6.45, 7) is 4.76. The molecule has 0 heterocycles. The van der Waals surface area contributed by atoms with Crippen LogP contribution in [0.4, 0.5) is 4.39 Å². The lowest BCUT2D eigenvalue weighted by Gasteiger charge is -2.25. The Morgan fingerprint density at radius 3 is 2.50 bits per heavy atom. The topological polar surface area (TPSA) is 57.6 Å². The van der Waals surface area contributed by atoms with Gasteiger partial charge < -0.3 is 5.11 Å². The smallest absolute Gasteiger partial charge is 0.243 e. The second-order valence-corrected chi connectivity index (χ2v) is 6.20. The molecule has 1 aromatic rings. The van der Waals surface area contributed by atoms with Crippen LogP contribution in [0.2, 0.25) is 0 Å². The van der Waals surface area contributed by atoms with Gasteiger partial charge in [0.15, 0.2) is 0 Å². The van der Waals surface area contributed by atoms with E-state index in [4.69, 9.17) is 5.11 Å². The Morgan fingerprint density at radius 1 is 1.39 bits per heavy atom. The Bertz CT molecular complexity index is 514. The fourth-order valence-electron chi connectivity index (χ4n) is 1.73. The summed E-state index contributed by atoms with van der Waals surface area (Å²) in [4.78, 5) is -0.0513. The molecule has 0 atom stereocenters. The van der Waals surface area contributed by atoms with E-state index in [2.05, 4.69) is 0 Å². The Morgan fingerprint density at radius 2 is 2.00 bits per heavy atom. The van der Waals surface area contributed by atoms with Gasteiger partial charge in [-0.1, -0.05) is 6.07 Å². The van der Waals surface area contributed by atoms with Crippen LogP contribution < -0.4 is 0 Å². The number of benzene rings is 1. The molecule has 0 spiro atoms. The summed E-state index contributed by atoms with van der Waals surface area (Å²) in [5.74, 6) is -0.591. The lowest BCUT2D eigenvalue weighted by Crippen LogP contribution is -2.39. The zero-order valence-corrected chi connectivity index (χ0v) is 11.5. The number of aliphatic hydroxyl groups excluding tert-OH is 1. The average Bonchev–Trinajstić information content (AvgIpc) is 2.28. The van der Waals surface area contributed by atoms with Crippen LogP contribution in [0.25, 0.3) is 0 Å². The normalized spacial score (nSPS) is 12.4. The molecule has 4 nitrogen and oxygen atoms in total. The van der Waals surface area contributed by atoms with Gasteiger partial charge in [-0.05, 0) is 38.5 Å². The summed E-state index contributed by atoms with van der Waals surface area (Å²) in [6, 6.07) is 3.36. The summed E-state index contributed by atoms with van der Waals surface area (Å²) < 4.78 is 39.1. The highest BCUT2D eigenvalue weighted by Crippen LogP contribution is 2.22. The van der Waals surface area contributed by atoms with Crippen LogP contribution in [0, 0.1) is 12.7 Å². The molecule has 0 aliphatic heterocycles. The maximum absolute atomic E-state index is 13.2. The van der Waals surface area contributed by atoms with E-state index >= 15 is 0 Å². The third kappa shape index (κ3) is 3.07. The number of hydrogen-bond acceptors (Lipinski definition) is 3. The fraction of sp³-hybridized carbons (Fsp3) is 0.500. The van der Waals surface area contributed by atoms with E-state index in [0.29, 0.717) is 5.56 Å². The highest BCUT2D eigenvalue weighted by atomic mass is 32.2. The van der Waals surface area contributed by atoms with Crippen molar-refractivity contribution in [3.05, 3.63) is 29.6 Å². The van der Waals surface area contributed by atoms with Gasteiger partial charge in [-0.25, -0.2) is 12.8 Å². The maximum atomic E-state index is 13.2. The van der Waals surface area contributed by atoms with E-state index in [1.54, 1.807) is 20.8 Å². The monoisotopic (exact) mass is 275 g/mol. The van der Waals surface area contributed by atoms with Crippen molar-refractivity contribution in [1.82, 2.24) is 4.31 Å². The number of aliphatic hydroxyl groups is 1. The number of aryl methyl sites for hydroxylation is 1. The highest BCUT2D eigenvalue weighted by Gasteiger charge is 2.28. The Kier molecular flexibility index (Phi) is 4.84. The van der Waals surface area contributed by atoms with Crippen molar-refractivity contribution >= 4 is 10.0 Å². The van der Waals surface area contributed by atoms with Gasteiger partial charge in [-0.15, -0.1) is 0 Å². The molecule has 0 radical (unpaired) electrons. The van der Waals surface area contributed by atoms with Crippen molar-refractivity contribution in [2.45, 2.75) is 31.7 Å². The first-order valence-corrected chi connectivity index (χ1v) is 7.13. The van der Waals surface area contributed by atoms with Crippen LogP contribution in [0.1, 0.15) is 19.4 Å². The number of sulfonamides is 1. The van der Waals surface area contributed by atoms with Crippen LogP contribution >= 0.6 is 0 Å². The summed E-state index contributed by atoms with van der Waals surface area (Å²) in [5.41, 5.74) is 0.486. The van der Waals surface area contributed by atoms with Crippen LogP contribution in [-0.2, 0) is 10.0 Å². The van der Waals surface area contributed by atoms with E-state index in [9.17, 15) is 12.8 Å². The molecule has 0 fully saturated rings. The largest absolute Gasteiger partial charge is 0.395 e. The predicted octanol–water partition coefficient (Wildman–Crippen LogP) is 1.53. The molecule has 0 aliphatic rings. The van der Waals surface area contributed by atoms with Crippen molar-refractivity contribution in [3.8, 4) is 0 Å².